The van der Waals surface area contributed by atoms with Gasteiger partial charge in [0.15, 0.2) is 0 Å². The number of para-hydroxylation sites is 1. The van der Waals surface area contributed by atoms with Gasteiger partial charge in [0.25, 0.3) is 0 Å². The van der Waals surface area contributed by atoms with Gasteiger partial charge in [0.2, 0.25) is 0 Å². The molecule has 0 amide bonds. The molecule has 6 heteroatoms. The number of ether oxygens (including phenoxy) is 1. The molecule has 5 nitrogen and oxygen atoms in total. The number of carbonyl (C=O) groups is 1. The number of benzene rings is 3. The predicted molar refractivity (Wildman–Crippen MR) is 100 cm³/mol. The zero-order valence-corrected chi connectivity index (χ0v) is 17.9. The summed E-state index contributed by atoms with van der Waals surface area (Å²) in [5.41, 5.74) is 2.33. The number of hydrogen-bond acceptors (Lipinski definition) is 5. The monoisotopic (exact) mass is 373 g/mol. The molecule has 1 N–H and O–H groups in total. The smallest absolute Gasteiger partial charge is 0.545 e. The number of fused-ring (bicyclic) bond motifs is 1. The number of carboxylic acid groups (broad SMARTS) is 1. The summed E-state index contributed by atoms with van der Waals surface area (Å²) >= 11 is 0. The van der Waals surface area contributed by atoms with Gasteiger partial charge in [-0.2, -0.15) is 0 Å². The molecule has 0 aliphatic carbocycles. The van der Waals surface area contributed by atoms with Crippen molar-refractivity contribution >= 4 is 22.4 Å². The van der Waals surface area contributed by atoms with E-state index >= 15 is 0 Å². The Labute approximate surface area is 180 Å². The van der Waals surface area contributed by atoms with E-state index in [1.54, 1.807) is 19.2 Å². The summed E-state index contributed by atoms with van der Waals surface area (Å²) in [7, 11) is 5.44. The molecule has 3 rings (SSSR count). The maximum atomic E-state index is 11.5. The number of carbonyl (C=O) groups excluding carboxylic acids is 1. The summed E-state index contributed by atoms with van der Waals surface area (Å²) in [6, 6.07) is 14.6. The van der Waals surface area contributed by atoms with Gasteiger partial charge in [0.1, 0.15) is 11.5 Å². The number of anilines is 1. The van der Waals surface area contributed by atoms with Crippen LogP contribution in [0.15, 0.2) is 48.5 Å². The van der Waals surface area contributed by atoms with Crippen LogP contribution in [0.5, 0.6) is 11.5 Å². The van der Waals surface area contributed by atoms with E-state index in [2.05, 4.69) is 0 Å². The molecule has 0 atom stereocenters. The molecule has 0 unspecified atom stereocenters. The normalized spacial score (nSPS) is 10.3. The number of carboxylic acids is 1. The standard InChI is InChI=1S/C21H21NO4.Na/c1-22(2)19-7-5-4-6-13(19)11-17-16-9-8-15(26-3)10-14(16)12-18(20(17)23)21(24)25;/h4-10,12,23H,11H2,1-3H3,(H,24,25);/q;+1/p-1. The Hall–Kier alpha value is -2.21. The molecule has 134 valence electrons. The van der Waals surface area contributed by atoms with Gasteiger partial charge in [-0.15, -0.1) is 0 Å². The Morgan fingerprint density at radius 1 is 1.15 bits per heavy atom. The minimum Gasteiger partial charge on any atom is -0.545 e. The van der Waals surface area contributed by atoms with Crippen LogP contribution in [0.2, 0.25) is 0 Å². The molecule has 0 heterocycles. The zero-order chi connectivity index (χ0) is 18.8. The van der Waals surface area contributed by atoms with Gasteiger partial charge < -0.3 is 24.6 Å². The fourth-order valence-electron chi connectivity index (χ4n) is 3.20. The van der Waals surface area contributed by atoms with Gasteiger partial charge in [-0.25, -0.2) is 0 Å². The Morgan fingerprint density at radius 2 is 1.85 bits per heavy atom. The zero-order valence-electron chi connectivity index (χ0n) is 15.9. The molecule has 0 aliphatic heterocycles. The second-order valence-corrected chi connectivity index (χ2v) is 6.33. The fourth-order valence-corrected chi connectivity index (χ4v) is 3.20. The van der Waals surface area contributed by atoms with Crippen molar-refractivity contribution in [3.05, 3.63) is 65.2 Å². The van der Waals surface area contributed by atoms with E-state index in [4.69, 9.17) is 4.74 Å². The Morgan fingerprint density at radius 3 is 2.48 bits per heavy atom. The average Bonchev–Trinajstić information content (AvgIpc) is 2.63. The third-order valence-electron chi connectivity index (χ3n) is 4.49. The van der Waals surface area contributed by atoms with Gasteiger partial charge in [0, 0.05) is 37.3 Å². The van der Waals surface area contributed by atoms with Crippen molar-refractivity contribution in [1.82, 2.24) is 0 Å². The summed E-state index contributed by atoms with van der Waals surface area (Å²) in [4.78, 5) is 13.5. The molecule has 0 bridgehead atoms. The molecule has 3 aromatic carbocycles. The third kappa shape index (κ3) is 4.21. The van der Waals surface area contributed by atoms with Crippen LogP contribution in [-0.2, 0) is 6.42 Å². The van der Waals surface area contributed by atoms with Gasteiger partial charge in [-0.1, -0.05) is 24.3 Å². The van der Waals surface area contributed by atoms with Crippen LogP contribution in [0.3, 0.4) is 0 Å². The minimum atomic E-state index is -1.41. The molecule has 0 aromatic heterocycles. The van der Waals surface area contributed by atoms with Gasteiger partial charge in [-0.3, -0.25) is 0 Å². The number of rotatable bonds is 5. The van der Waals surface area contributed by atoms with E-state index in [-0.39, 0.29) is 40.9 Å². The van der Waals surface area contributed by atoms with Crippen LogP contribution in [0.4, 0.5) is 5.69 Å². The molecule has 0 radical (unpaired) electrons. The van der Waals surface area contributed by atoms with E-state index in [0.717, 1.165) is 16.6 Å². The number of hydrogen-bond donors (Lipinski definition) is 1. The van der Waals surface area contributed by atoms with Crippen molar-refractivity contribution in [3.63, 3.8) is 0 Å². The number of phenols is 1. The quantitative estimate of drug-likeness (QED) is 0.615. The van der Waals surface area contributed by atoms with Crippen molar-refractivity contribution in [1.29, 1.82) is 0 Å². The maximum absolute atomic E-state index is 11.5. The molecular formula is C21H20NNaO4. The second kappa shape index (κ2) is 8.65. The molecule has 0 aliphatic rings. The van der Waals surface area contributed by atoms with E-state index < -0.39 is 5.97 Å². The number of aromatic hydroxyl groups is 1. The summed E-state index contributed by atoms with van der Waals surface area (Å²) in [5.74, 6) is -1.04. The summed E-state index contributed by atoms with van der Waals surface area (Å²) in [6.07, 6.45) is 0.393. The van der Waals surface area contributed by atoms with Crippen LogP contribution in [0.25, 0.3) is 10.8 Å². The van der Waals surface area contributed by atoms with E-state index in [1.807, 2.05) is 49.3 Å². The van der Waals surface area contributed by atoms with Crippen LogP contribution < -0.4 is 44.3 Å². The average molecular weight is 373 g/mol. The predicted octanol–water partition coefficient (Wildman–Crippen LogP) is -0.422. The molecule has 0 fully saturated rings. The molecule has 0 saturated heterocycles. The summed E-state index contributed by atoms with van der Waals surface area (Å²) in [6.45, 7) is 0. The van der Waals surface area contributed by atoms with E-state index in [9.17, 15) is 15.0 Å². The maximum Gasteiger partial charge on any atom is 1.00 e. The third-order valence-corrected chi connectivity index (χ3v) is 4.49. The Balaban J connectivity index is 0.00000261. The van der Waals surface area contributed by atoms with Crippen LogP contribution >= 0.6 is 0 Å². The molecule has 0 saturated carbocycles. The van der Waals surface area contributed by atoms with E-state index in [1.165, 1.54) is 6.07 Å². The van der Waals surface area contributed by atoms with Gasteiger partial charge in [0.05, 0.1) is 13.1 Å². The Bertz CT molecular complexity index is 985. The first-order valence-electron chi connectivity index (χ1n) is 8.21. The first-order valence-corrected chi connectivity index (χ1v) is 8.21. The van der Waals surface area contributed by atoms with Crippen molar-refractivity contribution < 1.29 is 49.3 Å². The molecular weight excluding hydrogens is 353 g/mol. The fraction of sp³-hybridized carbons (Fsp3) is 0.190. The SMILES string of the molecule is COc1ccc2c(Cc3ccccc3N(C)C)c(O)c(C(=O)[O-])cc2c1.[Na+]. The van der Waals surface area contributed by atoms with Crippen LogP contribution in [0.1, 0.15) is 21.5 Å². The van der Waals surface area contributed by atoms with Crippen LogP contribution in [-0.4, -0.2) is 32.3 Å². The summed E-state index contributed by atoms with van der Waals surface area (Å²) < 4.78 is 5.23. The molecule has 27 heavy (non-hydrogen) atoms. The first-order chi connectivity index (χ1) is 12.4. The van der Waals surface area contributed by atoms with Gasteiger partial charge in [-0.05, 0) is 40.6 Å². The number of nitrogens with zero attached hydrogens (tertiary/aromatic N) is 1. The van der Waals surface area contributed by atoms with Gasteiger partial charge >= 0.3 is 29.6 Å². The summed E-state index contributed by atoms with van der Waals surface area (Å²) in [5, 5.41) is 23.6. The minimum absolute atomic E-state index is 0. The van der Waals surface area contributed by atoms with Crippen molar-refractivity contribution in [2.75, 3.05) is 26.1 Å². The second-order valence-electron chi connectivity index (χ2n) is 6.33. The van der Waals surface area contributed by atoms with Crippen molar-refractivity contribution in [3.8, 4) is 11.5 Å². The molecule has 0 spiro atoms. The largest absolute Gasteiger partial charge is 1.00 e. The topological polar surface area (TPSA) is 72.8 Å². The van der Waals surface area contributed by atoms with E-state index in [0.29, 0.717) is 23.1 Å². The van der Waals surface area contributed by atoms with Crippen molar-refractivity contribution in [2.45, 2.75) is 6.42 Å². The number of methoxy groups -OCH3 is 1. The van der Waals surface area contributed by atoms with Crippen molar-refractivity contribution in [2.24, 2.45) is 0 Å². The first kappa shape index (κ1) is 21.1. The molecule has 3 aromatic rings. The Kier molecular flexibility index (Phi) is 6.76. The number of aromatic carboxylic acids is 1. The van der Waals surface area contributed by atoms with Crippen LogP contribution in [0, 0.1) is 0 Å².